The third-order valence-electron chi connectivity index (χ3n) is 6.32. The van der Waals surface area contributed by atoms with E-state index in [4.69, 9.17) is 9.47 Å². The molecule has 3 amide bonds. The van der Waals surface area contributed by atoms with Gasteiger partial charge in [-0.3, -0.25) is 9.69 Å². The molecule has 0 aliphatic carbocycles. The fourth-order valence-corrected chi connectivity index (χ4v) is 4.93. The van der Waals surface area contributed by atoms with Gasteiger partial charge in [0, 0.05) is 20.1 Å². The quantitative estimate of drug-likeness (QED) is 0.641. The molecular formula is C24H37N3O4. The van der Waals surface area contributed by atoms with Crippen LogP contribution < -0.4 is 10.1 Å². The van der Waals surface area contributed by atoms with Crippen LogP contribution >= 0.6 is 0 Å². The van der Waals surface area contributed by atoms with Crippen molar-refractivity contribution in [1.29, 1.82) is 0 Å². The largest absolute Gasteiger partial charge is 0.497 e. The molecule has 2 saturated heterocycles. The fraction of sp³-hybridized carbons (Fsp3) is 0.667. The number of benzene rings is 1. The highest BCUT2D eigenvalue weighted by molar-refractivity contribution is 6.07. The number of hydrogen-bond acceptors (Lipinski definition) is 5. The summed E-state index contributed by atoms with van der Waals surface area (Å²) < 4.78 is 10.5. The molecule has 172 valence electrons. The molecule has 2 fully saturated rings. The number of nitrogens with zero attached hydrogens (tertiary/aromatic N) is 2. The van der Waals surface area contributed by atoms with E-state index in [1.54, 1.807) is 14.2 Å². The van der Waals surface area contributed by atoms with Crippen LogP contribution in [-0.4, -0.2) is 74.3 Å². The van der Waals surface area contributed by atoms with Crippen LogP contribution in [0.4, 0.5) is 4.79 Å². The number of rotatable bonds is 8. The average Bonchev–Trinajstić information content (AvgIpc) is 2.96. The number of likely N-dealkylation sites (tertiary alicyclic amines) is 1. The van der Waals surface area contributed by atoms with Crippen molar-refractivity contribution >= 4 is 11.9 Å². The summed E-state index contributed by atoms with van der Waals surface area (Å²) in [7, 11) is 3.21. The monoisotopic (exact) mass is 431 g/mol. The maximum Gasteiger partial charge on any atom is 0.325 e. The summed E-state index contributed by atoms with van der Waals surface area (Å²) in [6.07, 6.45) is 2.22. The van der Waals surface area contributed by atoms with Gasteiger partial charge in [-0.05, 0) is 55.0 Å². The van der Waals surface area contributed by atoms with Crippen molar-refractivity contribution in [3.8, 4) is 5.75 Å². The second-order valence-corrected chi connectivity index (χ2v) is 9.99. The van der Waals surface area contributed by atoms with E-state index in [2.05, 4.69) is 31.0 Å². The molecule has 2 aliphatic heterocycles. The number of urea groups is 1. The van der Waals surface area contributed by atoms with Crippen LogP contribution in [-0.2, 0) is 16.0 Å². The van der Waals surface area contributed by atoms with Crippen molar-refractivity contribution in [1.82, 2.24) is 15.1 Å². The number of methoxy groups -OCH3 is 2. The lowest BCUT2D eigenvalue weighted by Crippen LogP contribution is -2.58. The predicted octanol–water partition coefficient (Wildman–Crippen LogP) is 2.93. The maximum atomic E-state index is 13.7. The van der Waals surface area contributed by atoms with Gasteiger partial charge in [0.1, 0.15) is 11.3 Å². The topological polar surface area (TPSA) is 71.1 Å². The number of carbonyl (C=O) groups is 2. The zero-order chi connectivity index (χ0) is 22.6. The van der Waals surface area contributed by atoms with Crippen LogP contribution in [0.3, 0.4) is 0 Å². The van der Waals surface area contributed by atoms with Crippen molar-refractivity contribution in [3.63, 3.8) is 0 Å². The van der Waals surface area contributed by atoms with E-state index in [1.165, 1.54) is 4.90 Å². The normalized spacial score (nSPS) is 23.3. The van der Waals surface area contributed by atoms with E-state index >= 15 is 0 Å². The Labute approximate surface area is 186 Å². The van der Waals surface area contributed by atoms with Crippen molar-refractivity contribution < 1.29 is 19.1 Å². The molecule has 0 aromatic heterocycles. The minimum Gasteiger partial charge on any atom is -0.497 e. The molecule has 1 N–H and O–H groups in total. The Morgan fingerprint density at radius 3 is 2.48 bits per heavy atom. The molecule has 7 heteroatoms. The minimum absolute atomic E-state index is 0.0823. The van der Waals surface area contributed by atoms with Crippen LogP contribution in [0, 0.1) is 11.3 Å². The minimum atomic E-state index is -0.926. The zero-order valence-electron chi connectivity index (χ0n) is 19.6. The molecule has 0 bridgehead atoms. The molecule has 1 aromatic rings. The Bertz CT molecular complexity index is 783. The second kappa shape index (κ2) is 9.57. The van der Waals surface area contributed by atoms with E-state index in [0.717, 1.165) is 43.8 Å². The van der Waals surface area contributed by atoms with Crippen LogP contribution in [0.5, 0.6) is 5.75 Å². The SMILES string of the molecule is COCCN1C(=O)N[C@](Cc2cccc(OC)c2)(C2CCN(CC(C)(C)C)CC2)C1=O. The molecule has 31 heavy (non-hydrogen) atoms. The Balaban J connectivity index is 1.85. The third kappa shape index (κ3) is 5.39. The van der Waals surface area contributed by atoms with Crippen LogP contribution in [0.25, 0.3) is 0 Å². The van der Waals surface area contributed by atoms with Gasteiger partial charge < -0.3 is 19.7 Å². The van der Waals surface area contributed by atoms with Gasteiger partial charge in [0.05, 0.1) is 20.3 Å². The van der Waals surface area contributed by atoms with E-state index in [1.807, 2.05) is 24.3 Å². The summed E-state index contributed by atoms with van der Waals surface area (Å²) in [5.74, 6) is 0.700. The summed E-state index contributed by atoms with van der Waals surface area (Å²) in [6, 6.07) is 7.45. The first-order valence-electron chi connectivity index (χ1n) is 11.2. The molecular weight excluding hydrogens is 394 g/mol. The first-order valence-corrected chi connectivity index (χ1v) is 11.2. The Morgan fingerprint density at radius 2 is 1.87 bits per heavy atom. The summed E-state index contributed by atoms with van der Waals surface area (Å²) in [6.45, 7) is 10.2. The summed E-state index contributed by atoms with van der Waals surface area (Å²) in [5, 5.41) is 3.12. The van der Waals surface area contributed by atoms with E-state index < -0.39 is 5.54 Å². The Kier molecular flexibility index (Phi) is 7.27. The molecule has 0 saturated carbocycles. The lowest BCUT2D eigenvalue weighted by Gasteiger charge is -2.42. The van der Waals surface area contributed by atoms with Crippen LogP contribution in [0.2, 0.25) is 0 Å². The van der Waals surface area contributed by atoms with Crippen LogP contribution in [0.1, 0.15) is 39.2 Å². The maximum absolute atomic E-state index is 13.7. The van der Waals surface area contributed by atoms with E-state index in [-0.39, 0.29) is 29.8 Å². The van der Waals surface area contributed by atoms with Crippen molar-refractivity contribution in [3.05, 3.63) is 29.8 Å². The standard InChI is InChI=1S/C24H37N3O4/c1-23(2,3)17-26-11-9-19(10-12-26)24(16-18-7-6-8-20(15-18)31-5)21(28)27(13-14-30-4)22(29)25-24/h6-8,15,19H,9-14,16-17H2,1-5H3,(H,25,29)/t24-/m1/s1. The smallest absolute Gasteiger partial charge is 0.325 e. The lowest BCUT2D eigenvalue weighted by atomic mass is 9.73. The highest BCUT2D eigenvalue weighted by atomic mass is 16.5. The zero-order valence-corrected chi connectivity index (χ0v) is 19.6. The molecule has 1 atom stereocenters. The molecule has 2 heterocycles. The molecule has 0 spiro atoms. The Morgan fingerprint density at radius 1 is 1.16 bits per heavy atom. The molecule has 1 aromatic carbocycles. The lowest BCUT2D eigenvalue weighted by molar-refractivity contribution is -0.134. The van der Waals surface area contributed by atoms with Gasteiger partial charge in [0.15, 0.2) is 0 Å². The highest BCUT2D eigenvalue weighted by Crippen LogP contribution is 2.37. The summed E-state index contributed by atoms with van der Waals surface area (Å²) in [4.78, 5) is 30.3. The Hall–Kier alpha value is -2.12. The van der Waals surface area contributed by atoms with E-state index in [9.17, 15) is 9.59 Å². The first kappa shape index (κ1) is 23.5. The number of ether oxygens (including phenoxy) is 2. The number of nitrogens with one attached hydrogen (secondary N) is 1. The van der Waals surface area contributed by atoms with Gasteiger partial charge in [0.2, 0.25) is 0 Å². The number of imide groups is 1. The molecule has 0 radical (unpaired) electrons. The number of amides is 3. The van der Waals surface area contributed by atoms with E-state index in [0.29, 0.717) is 13.0 Å². The number of carbonyl (C=O) groups excluding carboxylic acids is 2. The van der Waals surface area contributed by atoms with Gasteiger partial charge >= 0.3 is 6.03 Å². The van der Waals surface area contributed by atoms with Crippen molar-refractivity contribution in [2.75, 3.05) is 47.0 Å². The predicted molar refractivity (Wildman–Crippen MR) is 120 cm³/mol. The van der Waals surface area contributed by atoms with Gasteiger partial charge in [-0.1, -0.05) is 32.9 Å². The number of hydrogen-bond donors (Lipinski definition) is 1. The first-order chi connectivity index (χ1) is 14.7. The molecule has 3 rings (SSSR count). The van der Waals surface area contributed by atoms with Gasteiger partial charge in [-0.15, -0.1) is 0 Å². The second-order valence-electron chi connectivity index (χ2n) is 9.99. The summed E-state index contributed by atoms with van der Waals surface area (Å²) in [5.41, 5.74) is 0.295. The fourth-order valence-electron chi connectivity index (χ4n) is 4.93. The third-order valence-corrected chi connectivity index (χ3v) is 6.32. The van der Waals surface area contributed by atoms with Gasteiger partial charge in [0.25, 0.3) is 5.91 Å². The van der Waals surface area contributed by atoms with Crippen LogP contribution in [0.15, 0.2) is 24.3 Å². The van der Waals surface area contributed by atoms with Crippen molar-refractivity contribution in [2.45, 2.75) is 45.6 Å². The molecule has 2 aliphatic rings. The average molecular weight is 432 g/mol. The van der Waals surface area contributed by atoms with Gasteiger partial charge in [-0.25, -0.2) is 4.79 Å². The summed E-state index contributed by atoms with van der Waals surface area (Å²) >= 11 is 0. The highest BCUT2D eigenvalue weighted by Gasteiger charge is 2.55. The molecule has 7 nitrogen and oxygen atoms in total. The van der Waals surface area contributed by atoms with Gasteiger partial charge in [-0.2, -0.15) is 0 Å². The molecule has 0 unspecified atom stereocenters. The number of piperidine rings is 1. The van der Waals surface area contributed by atoms with Crippen molar-refractivity contribution in [2.24, 2.45) is 11.3 Å².